The monoisotopic (exact) mass is 341 g/mol. The molecular formula is C15H24BrN3O. The van der Waals surface area contributed by atoms with Crippen LogP contribution >= 0.6 is 15.9 Å². The molecule has 0 radical (unpaired) electrons. The third-order valence-electron chi connectivity index (χ3n) is 2.98. The van der Waals surface area contributed by atoms with Crippen molar-refractivity contribution in [3.05, 3.63) is 28.2 Å². The number of nitrogens with zero attached hydrogens (tertiary/aromatic N) is 1. The van der Waals surface area contributed by atoms with E-state index < -0.39 is 0 Å². The molecule has 4 nitrogen and oxygen atoms in total. The summed E-state index contributed by atoms with van der Waals surface area (Å²) in [4.78, 5) is 4.33. The van der Waals surface area contributed by atoms with Crippen molar-refractivity contribution in [2.24, 2.45) is 10.7 Å². The molecule has 0 aliphatic rings. The van der Waals surface area contributed by atoms with Crippen LogP contribution < -0.4 is 15.8 Å². The van der Waals surface area contributed by atoms with Crippen molar-refractivity contribution in [2.75, 3.05) is 13.7 Å². The Balaban J connectivity index is 2.36. The maximum atomic E-state index is 5.83. The van der Waals surface area contributed by atoms with Gasteiger partial charge in [0.1, 0.15) is 5.75 Å². The number of guanidine groups is 1. The molecule has 3 N–H and O–H groups in total. The van der Waals surface area contributed by atoms with Crippen molar-refractivity contribution in [3.8, 4) is 5.75 Å². The summed E-state index contributed by atoms with van der Waals surface area (Å²) < 4.78 is 6.12. The summed E-state index contributed by atoms with van der Waals surface area (Å²) in [6, 6.07) is 5.90. The van der Waals surface area contributed by atoms with E-state index in [1.165, 1.54) is 19.3 Å². The van der Waals surface area contributed by atoms with Crippen LogP contribution in [0, 0.1) is 0 Å². The van der Waals surface area contributed by atoms with Crippen LogP contribution in [0.4, 0.5) is 0 Å². The van der Waals surface area contributed by atoms with Crippen LogP contribution in [0.2, 0.25) is 0 Å². The van der Waals surface area contributed by atoms with Crippen molar-refractivity contribution >= 4 is 21.9 Å². The van der Waals surface area contributed by atoms with E-state index in [9.17, 15) is 0 Å². The molecule has 0 spiro atoms. The third kappa shape index (κ3) is 6.28. The Bertz CT molecular complexity index is 435. The van der Waals surface area contributed by atoms with E-state index in [0.29, 0.717) is 12.5 Å². The highest BCUT2D eigenvalue weighted by molar-refractivity contribution is 9.10. The van der Waals surface area contributed by atoms with Crippen molar-refractivity contribution in [2.45, 2.75) is 39.2 Å². The van der Waals surface area contributed by atoms with E-state index in [1.807, 2.05) is 18.2 Å². The zero-order valence-corrected chi connectivity index (χ0v) is 13.9. The Labute approximate surface area is 129 Å². The summed E-state index contributed by atoms with van der Waals surface area (Å²) >= 11 is 3.46. The lowest BCUT2D eigenvalue weighted by Gasteiger charge is -2.07. The number of nitrogens with one attached hydrogen (secondary N) is 1. The van der Waals surface area contributed by atoms with E-state index in [-0.39, 0.29) is 0 Å². The lowest BCUT2D eigenvalue weighted by atomic mass is 10.2. The molecule has 0 saturated carbocycles. The summed E-state index contributed by atoms with van der Waals surface area (Å²) in [6.45, 7) is 3.66. The Morgan fingerprint density at radius 1 is 1.35 bits per heavy atom. The van der Waals surface area contributed by atoms with Gasteiger partial charge in [-0.25, -0.2) is 4.99 Å². The number of unbranched alkanes of at least 4 members (excludes halogenated alkanes) is 3. The number of benzene rings is 1. The maximum Gasteiger partial charge on any atom is 0.188 e. The highest BCUT2D eigenvalue weighted by Crippen LogP contribution is 2.25. The molecule has 0 amide bonds. The number of halogens is 1. The summed E-state index contributed by atoms with van der Waals surface area (Å²) in [5.41, 5.74) is 6.92. The molecule has 112 valence electrons. The van der Waals surface area contributed by atoms with Gasteiger partial charge in [-0.15, -0.1) is 0 Å². The van der Waals surface area contributed by atoms with Crippen LogP contribution in [0.1, 0.15) is 38.2 Å². The number of rotatable bonds is 8. The SMILES string of the molecule is CCCCCCNC(N)=NCc1ccc(OC)c(Br)c1. The lowest BCUT2D eigenvalue weighted by molar-refractivity contribution is 0.412. The predicted octanol–water partition coefficient (Wildman–Crippen LogP) is 3.44. The number of ether oxygens (including phenoxy) is 1. The average molecular weight is 342 g/mol. The lowest BCUT2D eigenvalue weighted by Crippen LogP contribution is -2.32. The fraction of sp³-hybridized carbons (Fsp3) is 0.533. The molecule has 0 unspecified atom stereocenters. The first-order chi connectivity index (χ1) is 9.67. The number of hydrogen-bond donors (Lipinski definition) is 2. The third-order valence-corrected chi connectivity index (χ3v) is 3.60. The standard InChI is InChI=1S/C15H24BrN3O/c1-3-4-5-6-9-18-15(17)19-11-12-7-8-14(20-2)13(16)10-12/h7-8,10H,3-6,9,11H2,1-2H3,(H3,17,18,19). The minimum atomic E-state index is 0.508. The Hall–Kier alpha value is -1.23. The molecule has 0 aliphatic carbocycles. The molecule has 0 saturated heterocycles. The molecule has 0 aliphatic heterocycles. The highest BCUT2D eigenvalue weighted by atomic mass is 79.9. The van der Waals surface area contributed by atoms with E-state index in [1.54, 1.807) is 7.11 Å². The zero-order chi connectivity index (χ0) is 14.8. The minimum absolute atomic E-state index is 0.508. The normalized spacial score (nSPS) is 11.4. The van der Waals surface area contributed by atoms with Gasteiger partial charge in [-0.2, -0.15) is 0 Å². The molecule has 0 aromatic heterocycles. The van der Waals surface area contributed by atoms with Crippen molar-refractivity contribution in [3.63, 3.8) is 0 Å². The first-order valence-corrected chi connectivity index (χ1v) is 7.83. The van der Waals surface area contributed by atoms with E-state index >= 15 is 0 Å². The van der Waals surface area contributed by atoms with Crippen LogP contribution in [-0.4, -0.2) is 19.6 Å². The second-order valence-electron chi connectivity index (χ2n) is 4.66. The van der Waals surface area contributed by atoms with Gasteiger partial charge in [0.2, 0.25) is 0 Å². The number of nitrogens with two attached hydrogens (primary N) is 1. The van der Waals surface area contributed by atoms with Gasteiger partial charge in [0.05, 0.1) is 18.1 Å². The largest absolute Gasteiger partial charge is 0.496 e. The van der Waals surface area contributed by atoms with Crippen molar-refractivity contribution in [1.82, 2.24) is 5.32 Å². The average Bonchev–Trinajstić information content (AvgIpc) is 2.45. The highest BCUT2D eigenvalue weighted by Gasteiger charge is 2.01. The van der Waals surface area contributed by atoms with Gasteiger partial charge in [0.25, 0.3) is 0 Å². The molecule has 5 heteroatoms. The predicted molar refractivity (Wildman–Crippen MR) is 88.2 cm³/mol. The second-order valence-corrected chi connectivity index (χ2v) is 5.51. The first-order valence-electron chi connectivity index (χ1n) is 7.03. The molecular weight excluding hydrogens is 318 g/mol. The molecule has 0 atom stereocenters. The molecule has 1 aromatic carbocycles. The van der Waals surface area contributed by atoms with Gasteiger partial charge in [-0.05, 0) is 40.0 Å². The maximum absolute atomic E-state index is 5.83. The Morgan fingerprint density at radius 3 is 2.80 bits per heavy atom. The quantitative estimate of drug-likeness (QED) is 0.432. The van der Waals surface area contributed by atoms with Crippen LogP contribution in [0.3, 0.4) is 0 Å². The van der Waals surface area contributed by atoms with E-state index in [2.05, 4.69) is 33.2 Å². The summed E-state index contributed by atoms with van der Waals surface area (Å²) in [5, 5.41) is 3.14. The molecule has 0 heterocycles. The van der Waals surface area contributed by atoms with Crippen LogP contribution in [0.5, 0.6) is 5.75 Å². The molecule has 20 heavy (non-hydrogen) atoms. The van der Waals surface area contributed by atoms with Gasteiger partial charge >= 0.3 is 0 Å². The molecule has 0 bridgehead atoms. The van der Waals surface area contributed by atoms with Crippen LogP contribution in [0.15, 0.2) is 27.7 Å². The fourth-order valence-electron chi connectivity index (χ4n) is 1.81. The topological polar surface area (TPSA) is 59.6 Å². The summed E-state index contributed by atoms with van der Waals surface area (Å²) in [5.74, 6) is 1.33. The molecule has 0 fully saturated rings. The molecule has 1 aromatic rings. The number of methoxy groups -OCH3 is 1. The number of hydrogen-bond acceptors (Lipinski definition) is 2. The van der Waals surface area contributed by atoms with Crippen molar-refractivity contribution < 1.29 is 4.74 Å². The second kappa shape index (κ2) is 9.64. The summed E-state index contributed by atoms with van der Waals surface area (Å²) in [7, 11) is 1.65. The Kier molecular flexibility index (Phi) is 8.11. The first kappa shape index (κ1) is 16.8. The van der Waals surface area contributed by atoms with Gasteiger partial charge in [-0.1, -0.05) is 32.3 Å². The van der Waals surface area contributed by atoms with Gasteiger partial charge < -0.3 is 15.8 Å². The van der Waals surface area contributed by atoms with Crippen molar-refractivity contribution in [1.29, 1.82) is 0 Å². The Morgan fingerprint density at radius 2 is 2.15 bits per heavy atom. The van der Waals surface area contributed by atoms with Crippen LogP contribution in [0.25, 0.3) is 0 Å². The van der Waals surface area contributed by atoms with Gasteiger partial charge in [-0.3, -0.25) is 0 Å². The summed E-state index contributed by atoms with van der Waals surface area (Å²) in [6.07, 6.45) is 4.90. The minimum Gasteiger partial charge on any atom is -0.496 e. The van der Waals surface area contributed by atoms with Crippen LogP contribution in [-0.2, 0) is 6.54 Å². The smallest absolute Gasteiger partial charge is 0.188 e. The number of aliphatic imine (C=N–C) groups is 1. The van der Waals surface area contributed by atoms with Gasteiger partial charge in [0, 0.05) is 6.54 Å². The fourth-order valence-corrected chi connectivity index (χ4v) is 2.40. The van der Waals surface area contributed by atoms with Gasteiger partial charge in [0.15, 0.2) is 5.96 Å². The zero-order valence-electron chi connectivity index (χ0n) is 12.3. The van der Waals surface area contributed by atoms with E-state index in [0.717, 1.165) is 28.8 Å². The van der Waals surface area contributed by atoms with E-state index in [4.69, 9.17) is 10.5 Å². The molecule has 1 rings (SSSR count).